The van der Waals surface area contributed by atoms with Gasteiger partial charge in [-0.05, 0) is 11.6 Å². The number of piperazine rings is 1. The van der Waals surface area contributed by atoms with Gasteiger partial charge in [0.1, 0.15) is 0 Å². The Morgan fingerprint density at radius 1 is 0.913 bits per heavy atom. The van der Waals surface area contributed by atoms with E-state index >= 15 is 0 Å². The fourth-order valence-electron chi connectivity index (χ4n) is 2.58. The molecule has 0 saturated carbocycles. The van der Waals surface area contributed by atoms with Gasteiger partial charge in [0.25, 0.3) is 0 Å². The highest BCUT2D eigenvalue weighted by Crippen LogP contribution is 2.14. The molecule has 1 saturated heterocycles. The first kappa shape index (κ1) is 18.0. The Balaban J connectivity index is 0.00000192. The first-order valence-electron chi connectivity index (χ1n) is 7.61. The van der Waals surface area contributed by atoms with E-state index in [0.717, 1.165) is 42.8 Å². The van der Waals surface area contributed by atoms with Crippen molar-refractivity contribution in [3.05, 3.63) is 70.2 Å². The minimum atomic E-state index is 0. The minimum Gasteiger partial charge on any atom is -0.295 e. The van der Waals surface area contributed by atoms with Gasteiger partial charge in [-0.2, -0.15) is 5.10 Å². The fraction of sp³-hybridized carbons (Fsp3) is 0.278. The predicted molar refractivity (Wildman–Crippen MR) is 102 cm³/mol. The van der Waals surface area contributed by atoms with Crippen molar-refractivity contribution >= 4 is 34.6 Å². The number of hydrazone groups is 1. The van der Waals surface area contributed by atoms with Crippen LogP contribution in [0.25, 0.3) is 0 Å². The van der Waals surface area contributed by atoms with Crippen LogP contribution in [0.5, 0.6) is 0 Å². The molecule has 23 heavy (non-hydrogen) atoms. The fourth-order valence-corrected chi connectivity index (χ4v) is 2.96. The van der Waals surface area contributed by atoms with Crippen LogP contribution in [0, 0.1) is 0 Å². The number of rotatable bonds is 4. The van der Waals surface area contributed by atoms with Gasteiger partial charge in [-0.25, -0.2) is 0 Å². The summed E-state index contributed by atoms with van der Waals surface area (Å²) in [6, 6.07) is 18.8. The number of hydrogen-bond acceptors (Lipinski definition) is 3. The van der Waals surface area contributed by atoms with Gasteiger partial charge in [-0.15, -0.1) is 12.4 Å². The normalized spacial score (nSPS) is 15.6. The highest BCUT2D eigenvalue weighted by Gasteiger charge is 2.15. The number of benzene rings is 2. The van der Waals surface area contributed by atoms with Crippen LogP contribution in [-0.2, 0) is 6.54 Å². The van der Waals surface area contributed by atoms with E-state index in [9.17, 15) is 0 Å². The lowest BCUT2D eigenvalue weighted by Gasteiger charge is -2.33. The largest absolute Gasteiger partial charge is 0.295 e. The van der Waals surface area contributed by atoms with Gasteiger partial charge >= 0.3 is 0 Å². The zero-order valence-electron chi connectivity index (χ0n) is 12.9. The lowest BCUT2D eigenvalue weighted by atomic mass is 10.2. The maximum absolute atomic E-state index is 4.61. The van der Waals surface area contributed by atoms with Crippen LogP contribution in [0.15, 0.2) is 64.2 Å². The molecule has 0 spiro atoms. The van der Waals surface area contributed by atoms with Gasteiger partial charge < -0.3 is 0 Å². The molecule has 1 aliphatic heterocycles. The number of hydrogen-bond donors (Lipinski definition) is 0. The van der Waals surface area contributed by atoms with Crippen LogP contribution < -0.4 is 0 Å². The second kappa shape index (κ2) is 9.06. The Bertz CT molecular complexity index is 625. The summed E-state index contributed by atoms with van der Waals surface area (Å²) in [6.45, 7) is 5.11. The van der Waals surface area contributed by atoms with Crippen molar-refractivity contribution in [3.8, 4) is 0 Å². The van der Waals surface area contributed by atoms with E-state index in [1.807, 2.05) is 24.4 Å². The Hall–Kier alpha value is -1.36. The summed E-state index contributed by atoms with van der Waals surface area (Å²) < 4.78 is 1.08. The lowest BCUT2D eigenvalue weighted by Crippen LogP contribution is -2.43. The van der Waals surface area contributed by atoms with Gasteiger partial charge in [0.05, 0.1) is 6.21 Å². The molecule has 5 heteroatoms. The topological polar surface area (TPSA) is 18.8 Å². The Morgan fingerprint density at radius 2 is 1.57 bits per heavy atom. The van der Waals surface area contributed by atoms with Gasteiger partial charge in [-0.3, -0.25) is 9.91 Å². The summed E-state index contributed by atoms with van der Waals surface area (Å²) in [4.78, 5) is 2.49. The summed E-state index contributed by atoms with van der Waals surface area (Å²) in [5, 5.41) is 6.76. The summed E-state index contributed by atoms with van der Waals surface area (Å²) in [5.41, 5.74) is 2.50. The molecule has 3 nitrogen and oxygen atoms in total. The second-order valence-corrected chi connectivity index (χ2v) is 6.34. The van der Waals surface area contributed by atoms with Crippen LogP contribution in [0.3, 0.4) is 0 Å². The molecule has 1 aliphatic rings. The quantitative estimate of drug-likeness (QED) is 0.729. The molecule has 0 amide bonds. The molecular weight excluding hydrogens is 374 g/mol. The monoisotopic (exact) mass is 393 g/mol. The van der Waals surface area contributed by atoms with E-state index in [1.165, 1.54) is 5.56 Å². The van der Waals surface area contributed by atoms with Gasteiger partial charge in [-0.1, -0.05) is 64.5 Å². The van der Waals surface area contributed by atoms with Crippen molar-refractivity contribution in [3.63, 3.8) is 0 Å². The van der Waals surface area contributed by atoms with Crippen molar-refractivity contribution in [1.29, 1.82) is 0 Å². The van der Waals surface area contributed by atoms with E-state index in [-0.39, 0.29) is 12.4 Å². The van der Waals surface area contributed by atoms with Crippen LogP contribution in [-0.4, -0.2) is 42.3 Å². The minimum absolute atomic E-state index is 0. The third-order valence-corrected chi connectivity index (χ3v) is 4.59. The van der Waals surface area contributed by atoms with Gasteiger partial charge in [0.2, 0.25) is 0 Å². The average Bonchev–Trinajstić information content (AvgIpc) is 2.56. The summed E-state index contributed by atoms with van der Waals surface area (Å²) >= 11 is 3.55. The second-order valence-electron chi connectivity index (χ2n) is 5.48. The Labute approximate surface area is 152 Å². The van der Waals surface area contributed by atoms with E-state index in [2.05, 4.69) is 67.3 Å². The van der Waals surface area contributed by atoms with E-state index < -0.39 is 0 Å². The molecule has 122 valence electrons. The van der Waals surface area contributed by atoms with Crippen molar-refractivity contribution in [1.82, 2.24) is 9.91 Å². The molecule has 0 unspecified atom stereocenters. The first-order chi connectivity index (χ1) is 10.8. The third-order valence-electron chi connectivity index (χ3n) is 3.86. The number of halogens is 2. The maximum atomic E-state index is 4.61. The smallest absolute Gasteiger partial charge is 0.0554 e. The van der Waals surface area contributed by atoms with Crippen molar-refractivity contribution in [2.45, 2.75) is 6.54 Å². The molecule has 0 radical (unpaired) electrons. The van der Waals surface area contributed by atoms with Crippen molar-refractivity contribution < 1.29 is 0 Å². The molecule has 0 aromatic heterocycles. The zero-order chi connectivity index (χ0) is 15.2. The average molecular weight is 395 g/mol. The van der Waals surface area contributed by atoms with Crippen LogP contribution in [0.2, 0.25) is 0 Å². The van der Waals surface area contributed by atoms with Crippen LogP contribution in [0.4, 0.5) is 0 Å². The van der Waals surface area contributed by atoms with E-state index in [1.54, 1.807) is 0 Å². The Kier molecular flexibility index (Phi) is 7.09. The highest BCUT2D eigenvalue weighted by atomic mass is 79.9. The SMILES string of the molecule is Brc1ccccc1/C=N\N1CCN(Cc2ccccc2)CC1.Cl. The van der Waals surface area contributed by atoms with Gasteiger partial charge in [0, 0.05) is 42.8 Å². The van der Waals surface area contributed by atoms with Crippen LogP contribution >= 0.6 is 28.3 Å². The van der Waals surface area contributed by atoms with Crippen molar-refractivity contribution in [2.24, 2.45) is 5.10 Å². The molecule has 0 atom stereocenters. The molecule has 1 fully saturated rings. The van der Waals surface area contributed by atoms with E-state index in [4.69, 9.17) is 0 Å². The Morgan fingerprint density at radius 3 is 2.26 bits per heavy atom. The highest BCUT2D eigenvalue weighted by molar-refractivity contribution is 9.10. The summed E-state index contributed by atoms with van der Waals surface area (Å²) in [5.74, 6) is 0. The van der Waals surface area contributed by atoms with Crippen LogP contribution in [0.1, 0.15) is 11.1 Å². The van der Waals surface area contributed by atoms with E-state index in [0.29, 0.717) is 0 Å². The summed E-state index contributed by atoms with van der Waals surface area (Å²) in [7, 11) is 0. The standard InChI is InChI=1S/C18H20BrN3.ClH/c19-18-9-5-4-8-17(18)14-20-22-12-10-21(11-13-22)15-16-6-2-1-3-7-16;/h1-9,14H,10-13,15H2;1H/b20-14-;. The lowest BCUT2D eigenvalue weighted by molar-refractivity contribution is 0.131. The molecular formula is C18H21BrClN3. The zero-order valence-corrected chi connectivity index (χ0v) is 15.3. The molecule has 1 heterocycles. The molecule has 0 aliphatic carbocycles. The molecule has 2 aromatic rings. The number of nitrogens with zero attached hydrogens (tertiary/aromatic N) is 3. The van der Waals surface area contributed by atoms with Gasteiger partial charge in [0.15, 0.2) is 0 Å². The maximum Gasteiger partial charge on any atom is 0.0554 e. The first-order valence-corrected chi connectivity index (χ1v) is 8.40. The predicted octanol–water partition coefficient (Wildman–Crippen LogP) is 4.02. The molecule has 0 bridgehead atoms. The molecule has 3 rings (SSSR count). The van der Waals surface area contributed by atoms with Crippen molar-refractivity contribution in [2.75, 3.05) is 26.2 Å². The third kappa shape index (κ3) is 5.34. The summed E-state index contributed by atoms with van der Waals surface area (Å²) in [6.07, 6.45) is 1.94. The molecule has 2 aromatic carbocycles. The molecule has 0 N–H and O–H groups in total.